The Labute approximate surface area is 78.2 Å². The van der Waals surface area contributed by atoms with Gasteiger partial charge in [-0.25, -0.2) is 9.97 Å². The van der Waals surface area contributed by atoms with Gasteiger partial charge in [0.1, 0.15) is 11.5 Å². The molecule has 0 N–H and O–H groups in total. The summed E-state index contributed by atoms with van der Waals surface area (Å²) < 4.78 is 0. The van der Waals surface area contributed by atoms with E-state index in [1.165, 1.54) is 6.07 Å². The smallest absolute Gasteiger partial charge is 0.185 e. The van der Waals surface area contributed by atoms with Gasteiger partial charge in [-0.3, -0.25) is 4.79 Å². The van der Waals surface area contributed by atoms with E-state index >= 15 is 0 Å². The minimum atomic E-state index is -0.520. The SMILES string of the molecule is [CH]C(=O)c1ccnc(C(C)(C)C)n1. The summed E-state index contributed by atoms with van der Waals surface area (Å²) in [6.45, 7) is 11.0. The third-order valence-corrected chi connectivity index (χ3v) is 1.58. The Hall–Kier alpha value is -1.25. The highest BCUT2D eigenvalue weighted by Crippen LogP contribution is 2.17. The molecule has 0 amide bonds. The van der Waals surface area contributed by atoms with Gasteiger partial charge in [0, 0.05) is 18.5 Å². The molecule has 0 saturated heterocycles. The molecule has 68 valence electrons. The van der Waals surface area contributed by atoms with Crippen molar-refractivity contribution in [2.45, 2.75) is 26.2 Å². The molecule has 0 atom stereocenters. The van der Waals surface area contributed by atoms with Crippen molar-refractivity contribution in [3.8, 4) is 0 Å². The number of nitrogens with zero attached hydrogens (tertiary/aromatic N) is 2. The molecule has 0 bridgehead atoms. The van der Waals surface area contributed by atoms with Crippen LogP contribution >= 0.6 is 0 Å². The minimum Gasteiger partial charge on any atom is -0.292 e. The molecule has 1 aromatic rings. The second-order valence-electron chi connectivity index (χ2n) is 3.88. The maximum atomic E-state index is 10.8. The van der Waals surface area contributed by atoms with E-state index in [2.05, 4.69) is 9.97 Å². The number of hydrogen-bond donors (Lipinski definition) is 0. The van der Waals surface area contributed by atoms with Crippen molar-refractivity contribution in [1.82, 2.24) is 9.97 Å². The van der Waals surface area contributed by atoms with E-state index in [0.29, 0.717) is 5.82 Å². The van der Waals surface area contributed by atoms with Crippen molar-refractivity contribution in [1.29, 1.82) is 0 Å². The van der Waals surface area contributed by atoms with Crippen LogP contribution in [0.15, 0.2) is 12.3 Å². The van der Waals surface area contributed by atoms with Crippen molar-refractivity contribution >= 4 is 5.78 Å². The van der Waals surface area contributed by atoms with Gasteiger partial charge < -0.3 is 0 Å². The first-order valence-electron chi connectivity index (χ1n) is 4.04. The summed E-state index contributed by atoms with van der Waals surface area (Å²) in [4.78, 5) is 18.9. The average Bonchev–Trinajstić information content (AvgIpc) is 2.03. The van der Waals surface area contributed by atoms with E-state index in [1.54, 1.807) is 6.20 Å². The van der Waals surface area contributed by atoms with Crippen LogP contribution in [0, 0.1) is 6.92 Å². The average molecular weight is 176 g/mol. The predicted molar refractivity (Wildman–Crippen MR) is 49.4 cm³/mol. The molecular weight excluding hydrogens is 164 g/mol. The van der Waals surface area contributed by atoms with Crippen LogP contribution in [0.3, 0.4) is 0 Å². The van der Waals surface area contributed by atoms with Crippen LogP contribution in [0.5, 0.6) is 0 Å². The van der Waals surface area contributed by atoms with E-state index in [1.807, 2.05) is 20.8 Å². The Morgan fingerprint density at radius 1 is 1.46 bits per heavy atom. The number of ketones is 1. The molecule has 1 rings (SSSR count). The Morgan fingerprint density at radius 2 is 2.08 bits per heavy atom. The van der Waals surface area contributed by atoms with Gasteiger partial charge in [0.15, 0.2) is 5.78 Å². The lowest BCUT2D eigenvalue weighted by Gasteiger charge is -2.15. The summed E-state index contributed by atoms with van der Waals surface area (Å²) in [5.41, 5.74) is 0.103. The molecule has 0 spiro atoms. The maximum Gasteiger partial charge on any atom is 0.185 e. The maximum absolute atomic E-state index is 10.8. The summed E-state index contributed by atoms with van der Waals surface area (Å²) in [6.07, 6.45) is 1.55. The van der Waals surface area contributed by atoms with E-state index in [0.717, 1.165) is 0 Å². The number of aromatic nitrogens is 2. The molecule has 0 saturated carbocycles. The van der Waals surface area contributed by atoms with Gasteiger partial charge in [-0.05, 0) is 6.07 Å². The van der Waals surface area contributed by atoms with Crippen molar-refractivity contribution in [2.75, 3.05) is 0 Å². The van der Waals surface area contributed by atoms with Gasteiger partial charge in [-0.15, -0.1) is 0 Å². The Bertz CT molecular complexity index is 326. The zero-order valence-electron chi connectivity index (χ0n) is 8.03. The molecule has 1 aromatic heterocycles. The zero-order valence-corrected chi connectivity index (χ0v) is 8.03. The fraction of sp³-hybridized carbons (Fsp3) is 0.400. The zero-order chi connectivity index (χ0) is 10.1. The molecule has 3 heteroatoms. The number of carbonyl (C=O) groups is 1. The summed E-state index contributed by atoms with van der Waals surface area (Å²) in [5, 5.41) is 0. The number of rotatable bonds is 1. The second kappa shape index (κ2) is 3.24. The Kier molecular flexibility index (Phi) is 2.45. The van der Waals surface area contributed by atoms with Gasteiger partial charge in [-0.1, -0.05) is 20.8 Å². The molecule has 2 radical (unpaired) electrons. The monoisotopic (exact) mass is 176 g/mol. The summed E-state index contributed by atoms with van der Waals surface area (Å²) in [5.74, 6) is 0.108. The van der Waals surface area contributed by atoms with Gasteiger partial charge in [-0.2, -0.15) is 0 Å². The van der Waals surface area contributed by atoms with Gasteiger partial charge in [0.25, 0.3) is 0 Å². The molecular formula is C10H12N2O. The largest absolute Gasteiger partial charge is 0.292 e. The lowest BCUT2D eigenvalue weighted by Crippen LogP contribution is -2.17. The van der Waals surface area contributed by atoms with Gasteiger partial charge >= 0.3 is 0 Å². The van der Waals surface area contributed by atoms with Crippen LogP contribution in [-0.4, -0.2) is 15.8 Å². The summed E-state index contributed by atoms with van der Waals surface area (Å²) in [6, 6.07) is 1.51. The Morgan fingerprint density at radius 3 is 2.54 bits per heavy atom. The summed E-state index contributed by atoms with van der Waals surface area (Å²) in [7, 11) is 0. The topological polar surface area (TPSA) is 42.9 Å². The van der Waals surface area contributed by atoms with Crippen molar-refractivity contribution in [3.63, 3.8) is 0 Å². The third kappa shape index (κ3) is 2.34. The fourth-order valence-corrected chi connectivity index (χ4v) is 0.857. The van der Waals surface area contributed by atoms with Crippen molar-refractivity contribution in [2.24, 2.45) is 0 Å². The lowest BCUT2D eigenvalue weighted by molar-refractivity contribution is 0.103. The predicted octanol–water partition coefficient (Wildman–Crippen LogP) is 1.67. The number of Topliss-reactive ketones (excluding diaryl/α,β-unsaturated/α-hetero) is 1. The highest BCUT2D eigenvalue weighted by molar-refractivity contribution is 5.97. The summed E-state index contributed by atoms with van der Waals surface area (Å²) >= 11 is 0. The van der Waals surface area contributed by atoms with Crippen molar-refractivity contribution < 1.29 is 4.79 Å². The molecule has 0 aliphatic heterocycles. The molecule has 3 nitrogen and oxygen atoms in total. The van der Waals surface area contributed by atoms with Crippen LogP contribution in [0.2, 0.25) is 0 Å². The molecule has 1 heterocycles. The number of carbonyl (C=O) groups excluding carboxylic acids is 1. The van der Waals surface area contributed by atoms with Crippen LogP contribution in [0.4, 0.5) is 0 Å². The van der Waals surface area contributed by atoms with E-state index in [9.17, 15) is 4.79 Å². The lowest BCUT2D eigenvalue weighted by atomic mass is 9.95. The highest BCUT2D eigenvalue weighted by atomic mass is 16.1. The molecule has 0 unspecified atom stereocenters. The first-order chi connectivity index (χ1) is 5.91. The standard InChI is InChI=1S/C10H12N2O/c1-7(13)8-5-6-11-9(12-8)10(2,3)4/h1,5-6H,2-4H3. The highest BCUT2D eigenvalue weighted by Gasteiger charge is 2.17. The normalized spacial score (nSPS) is 11.4. The third-order valence-electron chi connectivity index (χ3n) is 1.58. The van der Waals surface area contributed by atoms with Crippen LogP contribution in [-0.2, 0) is 5.41 Å². The van der Waals surface area contributed by atoms with E-state index in [-0.39, 0.29) is 11.1 Å². The van der Waals surface area contributed by atoms with E-state index in [4.69, 9.17) is 6.92 Å². The quantitative estimate of drug-likeness (QED) is 0.611. The van der Waals surface area contributed by atoms with Crippen LogP contribution in [0.1, 0.15) is 37.1 Å². The van der Waals surface area contributed by atoms with Crippen LogP contribution in [0.25, 0.3) is 0 Å². The van der Waals surface area contributed by atoms with E-state index < -0.39 is 5.78 Å². The minimum absolute atomic E-state index is 0.161. The molecule has 0 aliphatic rings. The second-order valence-corrected chi connectivity index (χ2v) is 3.88. The molecule has 0 fully saturated rings. The first-order valence-corrected chi connectivity index (χ1v) is 4.04. The van der Waals surface area contributed by atoms with Crippen molar-refractivity contribution in [3.05, 3.63) is 30.7 Å². The molecule has 13 heavy (non-hydrogen) atoms. The fourth-order valence-electron chi connectivity index (χ4n) is 0.857. The van der Waals surface area contributed by atoms with Gasteiger partial charge in [0.05, 0.1) is 0 Å². The Balaban J connectivity index is 3.13. The first kappa shape index (κ1) is 9.84. The van der Waals surface area contributed by atoms with Gasteiger partial charge in [0.2, 0.25) is 0 Å². The number of hydrogen-bond acceptors (Lipinski definition) is 3. The van der Waals surface area contributed by atoms with Crippen LogP contribution < -0.4 is 0 Å². The molecule has 0 aromatic carbocycles. The molecule has 0 aliphatic carbocycles.